The van der Waals surface area contributed by atoms with E-state index in [9.17, 15) is 9.59 Å². The molecule has 5 rings (SSSR count). The van der Waals surface area contributed by atoms with E-state index < -0.39 is 6.04 Å². The van der Waals surface area contributed by atoms with Crippen LogP contribution in [0.5, 0.6) is 5.75 Å². The maximum absolute atomic E-state index is 12.7. The standard InChI is InChI=1S/C23H33N3O3/c1-15(26(2)14-16-5-4-6-20(10-16)29-3)21(27)24-22(28)25-23-11-17-7-18(12-23)9-19(8-17)13-23/h4-6,10,15,17-19H,7-9,11-14H2,1-3H3,(H2,24,25,27,28)/t15-,17?,18?,19?,23?/m0/s1. The summed E-state index contributed by atoms with van der Waals surface area (Å²) < 4.78 is 5.26. The van der Waals surface area contributed by atoms with Crippen molar-refractivity contribution in [2.24, 2.45) is 17.8 Å². The predicted molar refractivity (Wildman–Crippen MR) is 112 cm³/mol. The number of rotatable bonds is 6. The van der Waals surface area contributed by atoms with Gasteiger partial charge in [0.25, 0.3) is 0 Å². The van der Waals surface area contributed by atoms with Gasteiger partial charge in [0.05, 0.1) is 13.2 Å². The fourth-order valence-corrected chi connectivity index (χ4v) is 6.15. The molecule has 0 heterocycles. The van der Waals surface area contributed by atoms with Crippen LogP contribution in [0, 0.1) is 17.8 Å². The Bertz CT molecular complexity index is 743. The SMILES string of the molecule is COc1cccc(CN(C)[C@@H](C)C(=O)NC(=O)NC23CC4CC(CC(C4)C2)C3)c1. The van der Waals surface area contributed by atoms with E-state index in [4.69, 9.17) is 4.74 Å². The summed E-state index contributed by atoms with van der Waals surface area (Å²) in [6.45, 7) is 2.43. The number of imide groups is 1. The Morgan fingerprint density at radius 3 is 2.38 bits per heavy atom. The Labute approximate surface area is 173 Å². The van der Waals surface area contributed by atoms with Gasteiger partial charge in [-0.3, -0.25) is 15.0 Å². The second kappa shape index (κ2) is 7.98. The molecule has 4 aliphatic rings. The van der Waals surface area contributed by atoms with Gasteiger partial charge in [0.2, 0.25) is 5.91 Å². The van der Waals surface area contributed by atoms with Gasteiger partial charge in [-0.25, -0.2) is 4.79 Å². The molecule has 0 saturated heterocycles. The van der Waals surface area contributed by atoms with Gasteiger partial charge in [0.15, 0.2) is 0 Å². The van der Waals surface area contributed by atoms with Crippen molar-refractivity contribution < 1.29 is 14.3 Å². The predicted octanol–water partition coefficient (Wildman–Crippen LogP) is 3.31. The highest BCUT2D eigenvalue weighted by molar-refractivity contribution is 5.97. The molecule has 0 radical (unpaired) electrons. The largest absolute Gasteiger partial charge is 0.497 e. The summed E-state index contributed by atoms with van der Waals surface area (Å²) in [7, 11) is 3.53. The van der Waals surface area contributed by atoms with Crippen LogP contribution in [-0.4, -0.2) is 42.6 Å². The van der Waals surface area contributed by atoms with Crippen molar-refractivity contribution >= 4 is 11.9 Å². The minimum atomic E-state index is -0.414. The van der Waals surface area contributed by atoms with Gasteiger partial charge in [0.1, 0.15) is 5.75 Å². The molecule has 4 aliphatic carbocycles. The second-order valence-corrected chi connectivity index (χ2v) is 9.58. The van der Waals surface area contributed by atoms with E-state index in [0.717, 1.165) is 48.3 Å². The number of benzene rings is 1. The summed E-state index contributed by atoms with van der Waals surface area (Å²) in [6, 6.07) is 7.05. The highest BCUT2D eigenvalue weighted by Crippen LogP contribution is 2.55. The normalized spacial score (nSPS) is 30.8. The molecular weight excluding hydrogens is 366 g/mol. The fourth-order valence-electron chi connectivity index (χ4n) is 6.15. The Balaban J connectivity index is 1.30. The minimum absolute atomic E-state index is 0.0884. The third-order valence-corrected chi connectivity index (χ3v) is 7.26. The lowest BCUT2D eigenvalue weighted by molar-refractivity contribution is -0.124. The van der Waals surface area contributed by atoms with Gasteiger partial charge >= 0.3 is 6.03 Å². The molecule has 6 nitrogen and oxygen atoms in total. The van der Waals surface area contributed by atoms with Crippen LogP contribution >= 0.6 is 0 Å². The molecule has 4 bridgehead atoms. The van der Waals surface area contributed by atoms with E-state index in [2.05, 4.69) is 10.6 Å². The first-order chi connectivity index (χ1) is 13.9. The number of carbonyl (C=O) groups excluding carboxylic acids is 2. The van der Waals surface area contributed by atoms with Crippen LogP contribution in [0.4, 0.5) is 4.79 Å². The quantitative estimate of drug-likeness (QED) is 0.770. The Hall–Kier alpha value is -2.08. The molecule has 4 fully saturated rings. The molecule has 0 aliphatic heterocycles. The number of methoxy groups -OCH3 is 1. The molecule has 1 aromatic carbocycles. The molecule has 0 aromatic heterocycles. The number of nitrogens with zero attached hydrogens (tertiary/aromatic N) is 1. The van der Waals surface area contributed by atoms with Crippen LogP contribution in [0.15, 0.2) is 24.3 Å². The summed E-state index contributed by atoms with van der Waals surface area (Å²) in [4.78, 5) is 27.2. The molecule has 1 aromatic rings. The summed E-state index contributed by atoms with van der Waals surface area (Å²) in [5.74, 6) is 2.79. The molecule has 1 atom stereocenters. The monoisotopic (exact) mass is 399 g/mol. The number of carbonyl (C=O) groups is 2. The first kappa shape index (κ1) is 20.2. The molecular formula is C23H33N3O3. The second-order valence-electron chi connectivity index (χ2n) is 9.58. The van der Waals surface area contributed by atoms with E-state index in [-0.39, 0.29) is 17.5 Å². The molecule has 0 unspecified atom stereocenters. The van der Waals surface area contributed by atoms with Crippen molar-refractivity contribution in [3.05, 3.63) is 29.8 Å². The lowest BCUT2D eigenvalue weighted by Gasteiger charge is -2.56. The highest BCUT2D eigenvalue weighted by Gasteiger charge is 2.51. The Morgan fingerprint density at radius 2 is 1.79 bits per heavy atom. The van der Waals surface area contributed by atoms with Crippen LogP contribution in [0.25, 0.3) is 0 Å². The van der Waals surface area contributed by atoms with Crippen molar-refractivity contribution in [2.75, 3.05) is 14.2 Å². The van der Waals surface area contributed by atoms with Crippen molar-refractivity contribution in [2.45, 2.75) is 63.6 Å². The average molecular weight is 400 g/mol. The van der Waals surface area contributed by atoms with Crippen molar-refractivity contribution in [1.82, 2.24) is 15.5 Å². The number of hydrogen-bond acceptors (Lipinski definition) is 4. The fraction of sp³-hybridized carbons (Fsp3) is 0.652. The average Bonchev–Trinajstić information content (AvgIpc) is 2.65. The smallest absolute Gasteiger partial charge is 0.321 e. The summed E-state index contributed by atoms with van der Waals surface area (Å²) in [5.41, 5.74) is 0.971. The van der Waals surface area contributed by atoms with Gasteiger partial charge < -0.3 is 10.1 Å². The van der Waals surface area contributed by atoms with E-state index in [0.29, 0.717) is 6.54 Å². The van der Waals surface area contributed by atoms with Gasteiger partial charge in [-0.1, -0.05) is 12.1 Å². The zero-order valence-corrected chi connectivity index (χ0v) is 17.7. The van der Waals surface area contributed by atoms with E-state index in [1.807, 2.05) is 43.1 Å². The van der Waals surface area contributed by atoms with Gasteiger partial charge in [-0.15, -0.1) is 0 Å². The maximum atomic E-state index is 12.7. The highest BCUT2D eigenvalue weighted by atomic mass is 16.5. The van der Waals surface area contributed by atoms with Gasteiger partial charge in [-0.2, -0.15) is 0 Å². The number of ether oxygens (including phenoxy) is 1. The van der Waals surface area contributed by atoms with E-state index in [1.165, 1.54) is 19.3 Å². The van der Waals surface area contributed by atoms with Crippen LogP contribution in [0.1, 0.15) is 51.0 Å². The molecule has 4 saturated carbocycles. The zero-order chi connectivity index (χ0) is 20.6. The van der Waals surface area contributed by atoms with Gasteiger partial charge in [0, 0.05) is 12.1 Å². The molecule has 2 N–H and O–H groups in total. The molecule has 6 heteroatoms. The summed E-state index contributed by atoms with van der Waals surface area (Å²) in [5, 5.41) is 5.80. The lowest BCUT2D eigenvalue weighted by Crippen LogP contribution is -2.62. The Morgan fingerprint density at radius 1 is 1.17 bits per heavy atom. The third-order valence-electron chi connectivity index (χ3n) is 7.26. The van der Waals surface area contributed by atoms with Crippen LogP contribution in [0.2, 0.25) is 0 Å². The molecule has 29 heavy (non-hydrogen) atoms. The lowest BCUT2D eigenvalue weighted by atomic mass is 9.53. The van der Waals surface area contributed by atoms with Crippen molar-refractivity contribution in [3.8, 4) is 5.75 Å². The van der Waals surface area contributed by atoms with Crippen LogP contribution in [0.3, 0.4) is 0 Å². The number of hydrogen-bond donors (Lipinski definition) is 2. The molecule has 3 amide bonds. The third kappa shape index (κ3) is 4.42. The molecule has 158 valence electrons. The summed E-state index contributed by atoms with van der Waals surface area (Å²) >= 11 is 0. The molecule has 0 spiro atoms. The number of urea groups is 1. The minimum Gasteiger partial charge on any atom is -0.497 e. The Kier molecular flexibility index (Phi) is 5.56. The maximum Gasteiger partial charge on any atom is 0.321 e. The van der Waals surface area contributed by atoms with Crippen molar-refractivity contribution in [1.29, 1.82) is 0 Å². The number of amides is 3. The van der Waals surface area contributed by atoms with E-state index >= 15 is 0 Å². The van der Waals surface area contributed by atoms with Crippen LogP contribution < -0.4 is 15.4 Å². The van der Waals surface area contributed by atoms with E-state index in [1.54, 1.807) is 7.11 Å². The topological polar surface area (TPSA) is 70.7 Å². The number of nitrogens with one attached hydrogen (secondary N) is 2. The summed E-state index contributed by atoms with van der Waals surface area (Å²) in [6.07, 6.45) is 7.21. The van der Waals surface area contributed by atoms with Crippen molar-refractivity contribution in [3.63, 3.8) is 0 Å². The first-order valence-corrected chi connectivity index (χ1v) is 10.8. The number of likely N-dealkylation sites (N-methyl/N-ethyl adjacent to an activating group) is 1. The zero-order valence-electron chi connectivity index (χ0n) is 17.7. The van der Waals surface area contributed by atoms with Gasteiger partial charge in [-0.05, 0) is 87.9 Å². The first-order valence-electron chi connectivity index (χ1n) is 10.8. The van der Waals surface area contributed by atoms with Crippen LogP contribution in [-0.2, 0) is 11.3 Å².